The Hall–Kier alpha value is -2.60. The van der Waals surface area contributed by atoms with E-state index in [4.69, 9.17) is 0 Å². The van der Waals surface area contributed by atoms with E-state index in [-0.39, 0.29) is 0 Å². The molecule has 0 N–H and O–H groups in total. The molecule has 0 saturated carbocycles. The van der Waals surface area contributed by atoms with Gasteiger partial charge in [0.25, 0.3) is 0 Å². The molecular weight excluding hydrogens is 264 g/mol. The summed E-state index contributed by atoms with van der Waals surface area (Å²) in [5.74, 6) is 0.443. The molecule has 0 fully saturated rings. The van der Waals surface area contributed by atoms with Crippen LogP contribution in [0.1, 0.15) is 28.2 Å². The van der Waals surface area contributed by atoms with Gasteiger partial charge in [-0.05, 0) is 56.1 Å². The summed E-state index contributed by atoms with van der Waals surface area (Å²) in [5, 5.41) is 2.86. The SMILES string of the molecule is C1=Cc2cccc3c2C2C1=CCc1ccc4cccc-3c4c12. The Labute approximate surface area is 129 Å². The molecule has 3 aliphatic rings. The second-order valence-corrected chi connectivity index (χ2v) is 6.53. The first-order valence-corrected chi connectivity index (χ1v) is 7.98. The van der Waals surface area contributed by atoms with Gasteiger partial charge in [-0.25, -0.2) is 0 Å². The fourth-order valence-electron chi connectivity index (χ4n) is 4.64. The van der Waals surface area contributed by atoms with Gasteiger partial charge in [-0.15, -0.1) is 0 Å². The fraction of sp³-hybridized carbons (Fsp3) is 0.0909. The molecule has 3 aromatic rings. The van der Waals surface area contributed by atoms with Gasteiger partial charge in [0, 0.05) is 5.92 Å². The highest BCUT2D eigenvalue weighted by Gasteiger charge is 2.35. The van der Waals surface area contributed by atoms with Crippen molar-refractivity contribution in [3.63, 3.8) is 0 Å². The first-order chi connectivity index (χ1) is 10.9. The van der Waals surface area contributed by atoms with Gasteiger partial charge in [-0.1, -0.05) is 66.8 Å². The molecule has 0 radical (unpaired) electrons. The van der Waals surface area contributed by atoms with Gasteiger partial charge in [0.1, 0.15) is 0 Å². The van der Waals surface area contributed by atoms with E-state index < -0.39 is 0 Å². The second kappa shape index (κ2) is 3.59. The van der Waals surface area contributed by atoms with E-state index in [1.54, 1.807) is 5.56 Å². The highest BCUT2D eigenvalue weighted by atomic mass is 14.4. The van der Waals surface area contributed by atoms with Crippen molar-refractivity contribution in [2.24, 2.45) is 0 Å². The van der Waals surface area contributed by atoms with Crippen molar-refractivity contribution in [3.05, 3.63) is 88.5 Å². The summed E-state index contributed by atoms with van der Waals surface area (Å²) in [4.78, 5) is 0. The molecule has 1 atom stereocenters. The summed E-state index contributed by atoms with van der Waals surface area (Å²) in [7, 11) is 0. The van der Waals surface area contributed by atoms with Crippen molar-refractivity contribution in [1.29, 1.82) is 0 Å². The molecule has 0 aromatic heterocycles. The Balaban J connectivity index is 1.93. The van der Waals surface area contributed by atoms with E-state index >= 15 is 0 Å². The summed E-state index contributed by atoms with van der Waals surface area (Å²) in [6, 6.07) is 18.1. The maximum Gasteiger partial charge on any atom is 0.0358 e. The molecule has 3 aromatic carbocycles. The number of fused-ring (bicyclic) bond motifs is 1. The zero-order valence-electron chi connectivity index (χ0n) is 12.1. The summed E-state index contributed by atoms with van der Waals surface area (Å²) in [5.41, 5.74) is 10.3. The topological polar surface area (TPSA) is 0 Å². The van der Waals surface area contributed by atoms with Crippen LogP contribution >= 0.6 is 0 Å². The summed E-state index contributed by atoms with van der Waals surface area (Å²) < 4.78 is 0. The van der Waals surface area contributed by atoms with Crippen molar-refractivity contribution in [1.82, 2.24) is 0 Å². The van der Waals surface area contributed by atoms with Crippen LogP contribution in [-0.2, 0) is 6.42 Å². The van der Waals surface area contributed by atoms with Crippen LogP contribution in [-0.4, -0.2) is 0 Å². The van der Waals surface area contributed by atoms with Crippen LogP contribution in [0, 0.1) is 0 Å². The van der Waals surface area contributed by atoms with Gasteiger partial charge >= 0.3 is 0 Å². The van der Waals surface area contributed by atoms with Gasteiger partial charge < -0.3 is 0 Å². The van der Waals surface area contributed by atoms with Crippen molar-refractivity contribution >= 4 is 16.8 Å². The van der Waals surface area contributed by atoms with E-state index in [1.807, 2.05) is 0 Å². The van der Waals surface area contributed by atoms with Crippen LogP contribution in [0.4, 0.5) is 0 Å². The van der Waals surface area contributed by atoms with Crippen molar-refractivity contribution < 1.29 is 0 Å². The largest absolute Gasteiger partial charge is 0.0759 e. The number of benzene rings is 3. The Morgan fingerprint density at radius 2 is 1.68 bits per heavy atom. The van der Waals surface area contributed by atoms with E-state index in [0.717, 1.165) is 6.42 Å². The predicted molar refractivity (Wildman–Crippen MR) is 92.0 cm³/mol. The van der Waals surface area contributed by atoms with Gasteiger partial charge in [0.15, 0.2) is 0 Å². The third kappa shape index (κ3) is 1.13. The summed E-state index contributed by atoms with van der Waals surface area (Å²) >= 11 is 0. The van der Waals surface area contributed by atoms with Crippen molar-refractivity contribution in [3.8, 4) is 11.1 Å². The van der Waals surface area contributed by atoms with Gasteiger partial charge in [0.2, 0.25) is 0 Å². The molecule has 0 saturated heterocycles. The van der Waals surface area contributed by atoms with E-state index in [9.17, 15) is 0 Å². The van der Waals surface area contributed by atoms with E-state index in [2.05, 4.69) is 66.8 Å². The molecule has 3 aliphatic carbocycles. The quantitative estimate of drug-likeness (QED) is 0.512. The third-order valence-corrected chi connectivity index (χ3v) is 5.53. The first-order valence-electron chi connectivity index (χ1n) is 7.98. The number of hydrogen-bond acceptors (Lipinski definition) is 0. The lowest BCUT2D eigenvalue weighted by atomic mass is 9.66. The average Bonchev–Trinajstić information content (AvgIpc) is 2.59. The maximum atomic E-state index is 2.42. The lowest BCUT2D eigenvalue weighted by molar-refractivity contribution is 0.908. The number of rotatable bonds is 0. The van der Waals surface area contributed by atoms with Crippen molar-refractivity contribution in [2.75, 3.05) is 0 Å². The second-order valence-electron chi connectivity index (χ2n) is 6.53. The van der Waals surface area contributed by atoms with E-state index in [1.165, 1.54) is 44.2 Å². The van der Waals surface area contributed by atoms with Crippen LogP contribution in [0.3, 0.4) is 0 Å². The zero-order valence-corrected chi connectivity index (χ0v) is 12.1. The summed E-state index contributed by atoms with van der Waals surface area (Å²) in [6.45, 7) is 0. The summed E-state index contributed by atoms with van der Waals surface area (Å²) in [6.07, 6.45) is 8.10. The zero-order chi connectivity index (χ0) is 14.3. The molecule has 0 nitrogen and oxygen atoms in total. The Morgan fingerprint density at radius 1 is 0.773 bits per heavy atom. The monoisotopic (exact) mass is 278 g/mol. The Bertz CT molecular complexity index is 1050. The molecular formula is C22H14. The van der Waals surface area contributed by atoms with Gasteiger partial charge in [-0.3, -0.25) is 0 Å². The van der Waals surface area contributed by atoms with Crippen LogP contribution in [0.25, 0.3) is 28.0 Å². The molecule has 0 heterocycles. The van der Waals surface area contributed by atoms with Gasteiger partial charge in [-0.2, -0.15) is 0 Å². The average molecular weight is 278 g/mol. The molecule has 0 bridgehead atoms. The highest BCUT2D eigenvalue weighted by Crippen LogP contribution is 2.53. The minimum Gasteiger partial charge on any atom is -0.0759 e. The molecule has 0 heteroatoms. The molecule has 0 amide bonds. The first kappa shape index (κ1) is 11.0. The molecule has 22 heavy (non-hydrogen) atoms. The maximum absolute atomic E-state index is 2.42. The van der Waals surface area contributed by atoms with Crippen molar-refractivity contribution in [2.45, 2.75) is 12.3 Å². The molecule has 0 aliphatic heterocycles. The highest BCUT2D eigenvalue weighted by molar-refractivity contribution is 6.05. The van der Waals surface area contributed by atoms with Crippen LogP contribution < -0.4 is 0 Å². The fourth-order valence-corrected chi connectivity index (χ4v) is 4.64. The Morgan fingerprint density at radius 3 is 2.68 bits per heavy atom. The molecule has 0 spiro atoms. The number of hydrogen-bond donors (Lipinski definition) is 0. The van der Waals surface area contributed by atoms with Crippen LogP contribution in [0.5, 0.6) is 0 Å². The normalized spacial score (nSPS) is 19.3. The lowest BCUT2D eigenvalue weighted by Crippen LogP contribution is -2.19. The molecule has 1 unspecified atom stereocenters. The third-order valence-electron chi connectivity index (χ3n) is 5.53. The smallest absolute Gasteiger partial charge is 0.0358 e. The minimum atomic E-state index is 0.443. The lowest BCUT2D eigenvalue weighted by Gasteiger charge is -2.37. The van der Waals surface area contributed by atoms with Crippen LogP contribution in [0.15, 0.2) is 66.3 Å². The predicted octanol–water partition coefficient (Wildman–Crippen LogP) is 5.46. The standard InChI is InChI=1S/C22H14/c1-3-13-7-9-15-11-12-16-10-8-14-4-2-6-18-17(5-1)19(13)21(15)22(16)20(14)18/h1-11,21H,12H2. The van der Waals surface area contributed by atoms with Crippen LogP contribution in [0.2, 0.25) is 0 Å². The molecule has 102 valence electrons. The van der Waals surface area contributed by atoms with Gasteiger partial charge in [0.05, 0.1) is 0 Å². The Kier molecular flexibility index (Phi) is 1.80. The van der Waals surface area contributed by atoms with E-state index in [0.29, 0.717) is 5.92 Å². The number of allylic oxidation sites excluding steroid dienone is 3. The minimum absolute atomic E-state index is 0.443. The molecule has 6 rings (SSSR count).